The number of ether oxygens (including phenoxy) is 1. The van der Waals surface area contributed by atoms with E-state index in [1.54, 1.807) is 18.2 Å². The van der Waals surface area contributed by atoms with Crippen molar-refractivity contribution < 1.29 is 17.9 Å². The second-order valence-corrected chi connectivity index (χ2v) is 6.32. The van der Waals surface area contributed by atoms with Crippen LogP contribution in [-0.2, 0) is 18.1 Å². The van der Waals surface area contributed by atoms with Crippen molar-refractivity contribution in [3.63, 3.8) is 0 Å². The van der Waals surface area contributed by atoms with E-state index in [9.17, 15) is 13.2 Å². The molecule has 0 aliphatic carbocycles. The van der Waals surface area contributed by atoms with E-state index < -0.39 is 11.7 Å². The molecule has 0 unspecified atom stereocenters. The smallest absolute Gasteiger partial charge is 0.419 e. The summed E-state index contributed by atoms with van der Waals surface area (Å²) in [4.78, 5) is 0.771. The van der Waals surface area contributed by atoms with Gasteiger partial charge < -0.3 is 4.74 Å². The third kappa shape index (κ3) is 3.90. The second kappa shape index (κ2) is 6.37. The van der Waals surface area contributed by atoms with Gasteiger partial charge in [-0.05, 0) is 29.8 Å². The van der Waals surface area contributed by atoms with Crippen LogP contribution < -0.4 is 4.74 Å². The van der Waals surface area contributed by atoms with Crippen molar-refractivity contribution in [2.24, 2.45) is 0 Å². The largest absolute Gasteiger partial charge is 0.487 e. The van der Waals surface area contributed by atoms with Gasteiger partial charge in [-0.2, -0.15) is 13.2 Å². The molecule has 0 atom stereocenters. The van der Waals surface area contributed by atoms with E-state index in [1.807, 2.05) is 0 Å². The zero-order valence-corrected chi connectivity index (χ0v) is 13.2. The van der Waals surface area contributed by atoms with Crippen molar-refractivity contribution in [3.05, 3.63) is 50.7 Å². The fraction of sp³-hybridized carbons (Fsp3) is 0.231. The van der Waals surface area contributed by atoms with E-state index in [-0.39, 0.29) is 12.4 Å². The van der Waals surface area contributed by atoms with E-state index >= 15 is 0 Å². The Kier molecular flexibility index (Phi) is 4.99. The molecule has 0 aliphatic rings. The number of alkyl halides is 4. The summed E-state index contributed by atoms with van der Waals surface area (Å²) in [7, 11) is 0. The molecule has 1 aromatic carbocycles. The first-order chi connectivity index (χ1) is 9.40. The van der Waals surface area contributed by atoms with Crippen LogP contribution in [0.3, 0.4) is 0 Å². The molecule has 0 N–H and O–H groups in total. The van der Waals surface area contributed by atoms with Crippen molar-refractivity contribution in [1.29, 1.82) is 0 Å². The quantitative estimate of drug-likeness (QED) is 0.596. The van der Waals surface area contributed by atoms with Gasteiger partial charge in [-0.15, -0.1) is 11.3 Å². The predicted octanol–water partition coefficient (Wildman–Crippen LogP) is 5.89. The zero-order chi connectivity index (χ0) is 14.8. The highest BCUT2D eigenvalue weighted by atomic mass is 79.9. The molecule has 1 aromatic heterocycles. The SMILES string of the molecule is FC(F)(F)c1cc(CBr)ccc1OCc1ccc(Cl)s1. The summed E-state index contributed by atoms with van der Waals surface area (Å²) >= 11 is 10.2. The first-order valence-electron chi connectivity index (χ1n) is 5.53. The van der Waals surface area contributed by atoms with Gasteiger partial charge in [0.05, 0.1) is 9.90 Å². The standard InChI is InChI=1S/C13H9BrClF3OS/c14-6-8-1-3-11(10(5-8)13(16,17)18)19-7-9-2-4-12(15)20-9/h1-5H,6-7H2. The monoisotopic (exact) mass is 384 g/mol. The van der Waals surface area contributed by atoms with E-state index in [2.05, 4.69) is 15.9 Å². The summed E-state index contributed by atoms with van der Waals surface area (Å²) in [6, 6.07) is 7.44. The second-order valence-electron chi connectivity index (χ2n) is 3.96. The molecular formula is C13H9BrClF3OS. The highest BCUT2D eigenvalue weighted by molar-refractivity contribution is 9.08. The molecule has 7 heteroatoms. The van der Waals surface area contributed by atoms with Gasteiger partial charge in [0.2, 0.25) is 0 Å². The normalized spacial score (nSPS) is 11.7. The highest BCUT2D eigenvalue weighted by Crippen LogP contribution is 2.37. The highest BCUT2D eigenvalue weighted by Gasteiger charge is 2.34. The Labute approximate surface area is 131 Å². The summed E-state index contributed by atoms with van der Waals surface area (Å²) in [6.07, 6.45) is -4.44. The van der Waals surface area contributed by atoms with Crippen LogP contribution >= 0.6 is 38.9 Å². The fourth-order valence-corrected chi connectivity index (χ4v) is 2.94. The van der Waals surface area contributed by atoms with Gasteiger partial charge in [0.1, 0.15) is 12.4 Å². The summed E-state index contributed by atoms with van der Waals surface area (Å²) in [5, 5.41) is 0.358. The van der Waals surface area contributed by atoms with Crippen molar-refractivity contribution in [2.45, 2.75) is 18.1 Å². The molecule has 1 nitrogen and oxygen atoms in total. The molecule has 1 heterocycles. The maximum Gasteiger partial charge on any atom is 0.419 e. The number of benzene rings is 1. The Hall–Kier alpha value is -0.720. The number of hydrogen-bond donors (Lipinski definition) is 0. The topological polar surface area (TPSA) is 9.23 Å². The van der Waals surface area contributed by atoms with Gasteiger partial charge >= 0.3 is 6.18 Å². The average molecular weight is 386 g/mol. The predicted molar refractivity (Wildman–Crippen MR) is 77.7 cm³/mol. The van der Waals surface area contributed by atoms with Gasteiger partial charge in [0.15, 0.2) is 0 Å². The molecule has 0 saturated heterocycles. The van der Waals surface area contributed by atoms with Gasteiger partial charge in [-0.3, -0.25) is 0 Å². The lowest BCUT2D eigenvalue weighted by Gasteiger charge is -2.14. The minimum Gasteiger partial charge on any atom is -0.487 e. The molecule has 0 amide bonds. The minimum absolute atomic E-state index is 0.0636. The number of thiophene rings is 1. The van der Waals surface area contributed by atoms with Gasteiger partial charge in [0, 0.05) is 10.2 Å². The van der Waals surface area contributed by atoms with E-state index in [0.29, 0.717) is 15.2 Å². The van der Waals surface area contributed by atoms with Crippen LogP contribution in [-0.4, -0.2) is 0 Å². The van der Waals surface area contributed by atoms with Crippen LogP contribution in [0.2, 0.25) is 4.34 Å². The summed E-state index contributed by atoms with van der Waals surface area (Å²) in [6.45, 7) is 0.0636. The maximum absolute atomic E-state index is 13.0. The van der Waals surface area contributed by atoms with Crippen molar-refractivity contribution in [3.8, 4) is 5.75 Å². The Balaban J connectivity index is 2.22. The van der Waals surface area contributed by atoms with E-state index in [0.717, 1.165) is 10.9 Å². The molecular weight excluding hydrogens is 377 g/mol. The number of rotatable bonds is 4. The first kappa shape index (κ1) is 15.7. The third-order valence-electron chi connectivity index (χ3n) is 2.50. The van der Waals surface area contributed by atoms with Crippen LogP contribution in [0.1, 0.15) is 16.0 Å². The molecule has 0 bridgehead atoms. The summed E-state index contributed by atoms with van der Waals surface area (Å²) in [5.41, 5.74) is -0.221. The molecule has 20 heavy (non-hydrogen) atoms. The minimum atomic E-state index is -4.44. The average Bonchev–Trinajstić information content (AvgIpc) is 2.81. The van der Waals surface area contributed by atoms with E-state index in [1.165, 1.54) is 17.4 Å². The lowest BCUT2D eigenvalue weighted by atomic mass is 10.1. The molecule has 2 aromatic rings. The van der Waals surface area contributed by atoms with Gasteiger partial charge in [0.25, 0.3) is 0 Å². The maximum atomic E-state index is 13.0. The Morgan fingerprint density at radius 1 is 1.20 bits per heavy atom. The molecule has 0 spiro atoms. The number of halogens is 5. The molecule has 0 radical (unpaired) electrons. The molecule has 2 rings (SSSR count). The summed E-state index contributed by atoms with van der Waals surface area (Å²) in [5.74, 6) is -0.174. The summed E-state index contributed by atoms with van der Waals surface area (Å²) < 4.78 is 44.8. The molecule has 0 fully saturated rings. The van der Waals surface area contributed by atoms with E-state index in [4.69, 9.17) is 16.3 Å². The number of hydrogen-bond acceptors (Lipinski definition) is 2. The van der Waals surface area contributed by atoms with Crippen molar-refractivity contribution >= 4 is 38.9 Å². The van der Waals surface area contributed by atoms with Crippen LogP contribution in [0.4, 0.5) is 13.2 Å². The lowest BCUT2D eigenvalue weighted by molar-refractivity contribution is -0.139. The van der Waals surface area contributed by atoms with Gasteiger partial charge in [-0.25, -0.2) is 0 Å². The Bertz CT molecular complexity index is 598. The lowest BCUT2D eigenvalue weighted by Crippen LogP contribution is -2.09. The first-order valence-corrected chi connectivity index (χ1v) is 7.85. The third-order valence-corrected chi connectivity index (χ3v) is 4.35. The molecule has 0 aliphatic heterocycles. The fourth-order valence-electron chi connectivity index (χ4n) is 1.59. The van der Waals surface area contributed by atoms with Crippen LogP contribution in [0, 0.1) is 0 Å². The van der Waals surface area contributed by atoms with Crippen LogP contribution in [0.25, 0.3) is 0 Å². The van der Waals surface area contributed by atoms with Crippen molar-refractivity contribution in [1.82, 2.24) is 0 Å². The van der Waals surface area contributed by atoms with Crippen LogP contribution in [0.15, 0.2) is 30.3 Å². The van der Waals surface area contributed by atoms with Crippen molar-refractivity contribution in [2.75, 3.05) is 0 Å². The molecule has 0 saturated carbocycles. The van der Waals surface area contributed by atoms with Gasteiger partial charge in [-0.1, -0.05) is 33.6 Å². The Morgan fingerprint density at radius 2 is 1.95 bits per heavy atom. The zero-order valence-electron chi connectivity index (χ0n) is 10.0. The molecule has 108 valence electrons. The Morgan fingerprint density at radius 3 is 2.50 bits per heavy atom. The van der Waals surface area contributed by atoms with Crippen LogP contribution in [0.5, 0.6) is 5.75 Å².